The third-order valence-electron chi connectivity index (χ3n) is 2.87. The van der Waals surface area contributed by atoms with Gasteiger partial charge >= 0.3 is 0 Å². The lowest BCUT2D eigenvalue weighted by Gasteiger charge is -2.13. The van der Waals surface area contributed by atoms with Gasteiger partial charge in [-0.05, 0) is 31.7 Å². The van der Waals surface area contributed by atoms with Gasteiger partial charge in [-0.15, -0.1) is 11.3 Å². The summed E-state index contributed by atoms with van der Waals surface area (Å²) in [4.78, 5) is 1.31. The first-order valence-electron chi connectivity index (χ1n) is 6.22. The van der Waals surface area contributed by atoms with Crippen LogP contribution in [0.2, 0.25) is 0 Å². The zero-order valence-electron chi connectivity index (χ0n) is 11.4. The van der Waals surface area contributed by atoms with Gasteiger partial charge in [0.2, 0.25) is 10.0 Å². The Morgan fingerprint density at radius 2 is 2.30 bits per heavy atom. The van der Waals surface area contributed by atoms with Crippen molar-refractivity contribution in [2.45, 2.75) is 37.8 Å². The topological polar surface area (TPSA) is 101 Å². The first-order valence-corrected chi connectivity index (χ1v) is 8.59. The van der Waals surface area contributed by atoms with E-state index in [1.807, 2.05) is 24.4 Å². The molecule has 8 heteroatoms. The fraction of sp³-hybridized carbons (Fsp3) is 0.417. The highest BCUT2D eigenvalue weighted by atomic mass is 32.2. The van der Waals surface area contributed by atoms with E-state index in [9.17, 15) is 8.42 Å². The number of hydrogen-bond donors (Lipinski definition) is 3. The summed E-state index contributed by atoms with van der Waals surface area (Å²) in [5.41, 5.74) is 6.39. The number of nitrogens with zero attached hydrogens (tertiary/aromatic N) is 1. The van der Waals surface area contributed by atoms with Gasteiger partial charge in [-0.1, -0.05) is 6.07 Å². The van der Waals surface area contributed by atoms with E-state index in [4.69, 9.17) is 5.73 Å². The van der Waals surface area contributed by atoms with Crippen LogP contribution in [-0.2, 0) is 23.0 Å². The first-order chi connectivity index (χ1) is 9.44. The molecule has 2 aromatic rings. The third kappa shape index (κ3) is 3.26. The van der Waals surface area contributed by atoms with Crippen LogP contribution in [0, 0.1) is 6.92 Å². The van der Waals surface area contributed by atoms with E-state index in [1.165, 1.54) is 0 Å². The molecule has 0 saturated heterocycles. The summed E-state index contributed by atoms with van der Waals surface area (Å²) in [6, 6.07) is 3.75. The Morgan fingerprint density at radius 1 is 1.55 bits per heavy atom. The summed E-state index contributed by atoms with van der Waals surface area (Å²) < 4.78 is 27.5. The largest absolute Gasteiger partial charge is 0.325 e. The van der Waals surface area contributed by atoms with Crippen LogP contribution in [0.5, 0.6) is 0 Å². The van der Waals surface area contributed by atoms with E-state index in [-0.39, 0.29) is 17.5 Å². The van der Waals surface area contributed by atoms with Crippen molar-refractivity contribution in [1.82, 2.24) is 14.9 Å². The summed E-state index contributed by atoms with van der Waals surface area (Å²) >= 11 is 1.61. The van der Waals surface area contributed by atoms with Crippen LogP contribution in [0.25, 0.3) is 0 Å². The molecular weight excluding hydrogens is 296 g/mol. The highest BCUT2D eigenvalue weighted by Gasteiger charge is 2.25. The SMILES string of the molecule is Cc1[nH]nc(CN)c1S(=O)(=O)NC(C)Cc1cccs1. The lowest BCUT2D eigenvalue weighted by Crippen LogP contribution is -2.34. The van der Waals surface area contributed by atoms with Gasteiger partial charge in [0.1, 0.15) is 4.90 Å². The molecule has 1 atom stereocenters. The Hall–Kier alpha value is -1.22. The Kier molecular flexibility index (Phi) is 4.59. The monoisotopic (exact) mass is 314 g/mol. The van der Waals surface area contributed by atoms with E-state index in [0.29, 0.717) is 17.8 Å². The molecule has 20 heavy (non-hydrogen) atoms. The van der Waals surface area contributed by atoms with Gasteiger partial charge in [0.15, 0.2) is 0 Å². The van der Waals surface area contributed by atoms with Crippen LogP contribution in [0.3, 0.4) is 0 Å². The standard InChI is InChI=1S/C12H18N4O2S2/c1-8(6-10-4-3-5-19-10)16-20(17,18)12-9(2)14-15-11(12)7-13/h3-5,8,16H,6-7,13H2,1-2H3,(H,14,15). The maximum Gasteiger partial charge on any atom is 0.244 e. The second-order valence-electron chi connectivity index (χ2n) is 4.63. The number of thiophene rings is 1. The molecule has 0 aliphatic carbocycles. The van der Waals surface area contributed by atoms with Gasteiger partial charge in [-0.3, -0.25) is 5.10 Å². The molecule has 0 saturated carbocycles. The van der Waals surface area contributed by atoms with Crippen molar-refractivity contribution in [2.24, 2.45) is 5.73 Å². The minimum Gasteiger partial charge on any atom is -0.325 e. The van der Waals surface area contributed by atoms with E-state index < -0.39 is 10.0 Å². The zero-order valence-corrected chi connectivity index (χ0v) is 13.0. The van der Waals surface area contributed by atoms with E-state index in [1.54, 1.807) is 18.3 Å². The van der Waals surface area contributed by atoms with Gasteiger partial charge in [-0.2, -0.15) is 5.10 Å². The zero-order chi connectivity index (χ0) is 14.8. The van der Waals surface area contributed by atoms with Crippen molar-refractivity contribution < 1.29 is 8.42 Å². The van der Waals surface area contributed by atoms with Crippen LogP contribution in [0.1, 0.15) is 23.2 Å². The van der Waals surface area contributed by atoms with Gasteiger partial charge in [-0.25, -0.2) is 13.1 Å². The smallest absolute Gasteiger partial charge is 0.244 e. The molecule has 1 unspecified atom stereocenters. The molecule has 0 bridgehead atoms. The van der Waals surface area contributed by atoms with Crippen molar-refractivity contribution in [1.29, 1.82) is 0 Å². The molecule has 0 amide bonds. The van der Waals surface area contributed by atoms with Gasteiger partial charge in [0.05, 0.1) is 11.4 Å². The number of aromatic nitrogens is 2. The molecule has 0 aromatic carbocycles. The minimum atomic E-state index is -3.61. The van der Waals surface area contributed by atoms with Crippen molar-refractivity contribution in [3.8, 4) is 0 Å². The Balaban J connectivity index is 2.16. The van der Waals surface area contributed by atoms with Crippen molar-refractivity contribution in [3.63, 3.8) is 0 Å². The molecule has 4 N–H and O–H groups in total. The maximum atomic E-state index is 12.4. The molecule has 6 nitrogen and oxygen atoms in total. The second-order valence-corrected chi connectivity index (χ2v) is 7.32. The number of aryl methyl sites for hydroxylation is 1. The molecule has 2 rings (SSSR count). The predicted molar refractivity (Wildman–Crippen MR) is 79.0 cm³/mol. The number of H-pyrrole nitrogens is 1. The lowest BCUT2D eigenvalue weighted by atomic mass is 10.2. The van der Waals surface area contributed by atoms with Gasteiger partial charge in [0, 0.05) is 17.5 Å². The third-order valence-corrected chi connectivity index (χ3v) is 5.56. The van der Waals surface area contributed by atoms with Crippen LogP contribution >= 0.6 is 11.3 Å². The van der Waals surface area contributed by atoms with Gasteiger partial charge < -0.3 is 5.73 Å². The van der Waals surface area contributed by atoms with E-state index in [2.05, 4.69) is 14.9 Å². The van der Waals surface area contributed by atoms with Crippen LogP contribution in [0.15, 0.2) is 22.4 Å². The van der Waals surface area contributed by atoms with Crippen molar-refractivity contribution in [2.75, 3.05) is 0 Å². The Morgan fingerprint density at radius 3 is 2.90 bits per heavy atom. The lowest BCUT2D eigenvalue weighted by molar-refractivity contribution is 0.559. The number of nitrogens with two attached hydrogens (primary N) is 1. The fourth-order valence-corrected chi connectivity index (χ4v) is 4.51. The molecular formula is C12H18N4O2S2. The highest BCUT2D eigenvalue weighted by Crippen LogP contribution is 2.18. The Bertz CT molecular complexity index is 662. The summed E-state index contributed by atoms with van der Waals surface area (Å²) in [6.07, 6.45) is 0.658. The molecule has 110 valence electrons. The fourth-order valence-electron chi connectivity index (χ4n) is 2.06. The molecule has 0 aliphatic rings. The normalized spacial score (nSPS) is 13.6. The Labute approximate surface area is 122 Å². The van der Waals surface area contributed by atoms with Crippen molar-refractivity contribution >= 4 is 21.4 Å². The van der Waals surface area contributed by atoms with E-state index in [0.717, 1.165) is 4.88 Å². The first kappa shape index (κ1) is 15.2. The predicted octanol–water partition coefficient (Wildman–Crippen LogP) is 1.15. The molecule has 0 radical (unpaired) electrons. The summed E-state index contributed by atoms with van der Waals surface area (Å²) in [5.74, 6) is 0. The second kappa shape index (κ2) is 6.04. The number of aromatic amines is 1. The maximum absolute atomic E-state index is 12.4. The van der Waals surface area contributed by atoms with Crippen molar-refractivity contribution in [3.05, 3.63) is 33.8 Å². The molecule has 0 fully saturated rings. The molecule has 0 spiro atoms. The van der Waals surface area contributed by atoms with Crippen LogP contribution in [0.4, 0.5) is 0 Å². The summed E-state index contributed by atoms with van der Waals surface area (Å²) in [5, 5.41) is 8.56. The molecule has 0 aliphatic heterocycles. The minimum absolute atomic E-state index is 0.0832. The molecule has 2 heterocycles. The number of hydrogen-bond acceptors (Lipinski definition) is 5. The summed E-state index contributed by atoms with van der Waals surface area (Å²) in [6.45, 7) is 3.60. The van der Waals surface area contributed by atoms with Crippen LogP contribution in [-0.4, -0.2) is 24.7 Å². The number of nitrogens with one attached hydrogen (secondary N) is 2. The summed E-state index contributed by atoms with van der Waals surface area (Å²) in [7, 11) is -3.61. The average Bonchev–Trinajstić information content (AvgIpc) is 2.97. The van der Waals surface area contributed by atoms with E-state index >= 15 is 0 Å². The number of sulfonamides is 1. The highest BCUT2D eigenvalue weighted by molar-refractivity contribution is 7.89. The molecule has 2 aromatic heterocycles. The van der Waals surface area contributed by atoms with Gasteiger partial charge in [0.25, 0.3) is 0 Å². The average molecular weight is 314 g/mol. The number of rotatable bonds is 6. The quantitative estimate of drug-likeness (QED) is 0.744. The van der Waals surface area contributed by atoms with Crippen LogP contribution < -0.4 is 10.5 Å².